The number of aromatic nitrogens is 3. The summed E-state index contributed by atoms with van der Waals surface area (Å²) in [6.45, 7) is 5.45. The van der Waals surface area contributed by atoms with E-state index in [2.05, 4.69) is 39.7 Å². The van der Waals surface area contributed by atoms with Crippen LogP contribution in [0.3, 0.4) is 0 Å². The molecule has 3 rings (SSSR count). The van der Waals surface area contributed by atoms with Crippen molar-refractivity contribution in [1.82, 2.24) is 15.2 Å². The van der Waals surface area contributed by atoms with E-state index in [1.807, 2.05) is 18.2 Å². The number of rotatable bonds is 6. The van der Waals surface area contributed by atoms with Crippen LogP contribution in [0.5, 0.6) is 11.5 Å². The zero-order valence-electron chi connectivity index (χ0n) is 12.7. The van der Waals surface area contributed by atoms with Gasteiger partial charge in [-0.3, -0.25) is 0 Å². The summed E-state index contributed by atoms with van der Waals surface area (Å²) in [5.74, 6) is 3.26. The molecule has 0 radical (unpaired) electrons. The van der Waals surface area contributed by atoms with Gasteiger partial charge >= 0.3 is 0 Å². The molecule has 0 saturated heterocycles. The number of hydrogen-bond donors (Lipinski definition) is 2. The molecule has 1 aliphatic heterocycles. The summed E-state index contributed by atoms with van der Waals surface area (Å²) in [5, 5.41) is 14.3. The Balaban J connectivity index is 1.65. The molecule has 0 spiro atoms. The quantitative estimate of drug-likeness (QED) is 0.849. The molecule has 2 N–H and O–H groups in total. The number of nitrogens with zero attached hydrogens (tertiary/aromatic N) is 3. The lowest BCUT2D eigenvalue weighted by Crippen LogP contribution is -2.09. The maximum atomic E-state index is 5.35. The molecule has 2 heterocycles. The molecule has 2 aromatic rings. The maximum absolute atomic E-state index is 5.35. The van der Waals surface area contributed by atoms with Gasteiger partial charge in [0.1, 0.15) is 0 Å². The van der Waals surface area contributed by atoms with Gasteiger partial charge in [0.25, 0.3) is 0 Å². The van der Waals surface area contributed by atoms with Gasteiger partial charge in [0.05, 0.1) is 6.20 Å². The Labute approximate surface area is 129 Å². The minimum Gasteiger partial charge on any atom is -0.454 e. The van der Waals surface area contributed by atoms with Gasteiger partial charge in [-0.05, 0) is 24.5 Å². The Morgan fingerprint density at radius 2 is 2.09 bits per heavy atom. The molecule has 0 saturated carbocycles. The maximum Gasteiger partial charge on any atom is 0.244 e. The summed E-state index contributed by atoms with van der Waals surface area (Å²) >= 11 is 0. The third kappa shape index (κ3) is 3.55. The number of hydrogen-bond acceptors (Lipinski definition) is 7. The molecule has 1 aromatic carbocycles. The number of benzene rings is 1. The molecule has 7 heteroatoms. The molecule has 116 valence electrons. The van der Waals surface area contributed by atoms with Gasteiger partial charge in [-0.2, -0.15) is 10.1 Å². The minimum absolute atomic E-state index is 0.262. The van der Waals surface area contributed by atoms with Gasteiger partial charge in [-0.15, -0.1) is 5.10 Å². The smallest absolute Gasteiger partial charge is 0.244 e. The third-order valence-corrected chi connectivity index (χ3v) is 3.21. The standard InChI is InChI=1S/C15H19N5O2/c1-10(2)5-6-16-15-19-14(8-17-20-15)18-11-3-4-12-13(7-11)22-9-21-12/h3-4,7-8,10H,5-6,9H2,1-2H3,(H2,16,18,19,20). The van der Waals surface area contributed by atoms with Crippen LogP contribution in [0.2, 0.25) is 0 Å². The Kier molecular flexibility index (Phi) is 4.22. The van der Waals surface area contributed by atoms with E-state index in [1.165, 1.54) is 0 Å². The van der Waals surface area contributed by atoms with Crippen LogP contribution in [-0.4, -0.2) is 28.5 Å². The molecule has 7 nitrogen and oxygen atoms in total. The number of ether oxygens (including phenoxy) is 2. The molecule has 0 amide bonds. The highest BCUT2D eigenvalue weighted by molar-refractivity contribution is 5.61. The Hall–Kier alpha value is -2.57. The van der Waals surface area contributed by atoms with Crippen LogP contribution < -0.4 is 20.1 Å². The van der Waals surface area contributed by atoms with Crippen LogP contribution in [0.1, 0.15) is 20.3 Å². The van der Waals surface area contributed by atoms with Crippen molar-refractivity contribution in [3.8, 4) is 11.5 Å². The van der Waals surface area contributed by atoms with Crippen LogP contribution >= 0.6 is 0 Å². The SMILES string of the molecule is CC(C)CCNc1nncc(Nc2ccc3c(c2)OCO3)n1. The molecule has 1 aromatic heterocycles. The monoisotopic (exact) mass is 301 g/mol. The minimum atomic E-state index is 0.262. The van der Waals surface area contributed by atoms with E-state index in [4.69, 9.17) is 9.47 Å². The van der Waals surface area contributed by atoms with E-state index in [1.54, 1.807) is 6.20 Å². The second-order valence-electron chi connectivity index (χ2n) is 5.47. The second kappa shape index (κ2) is 6.46. The van der Waals surface area contributed by atoms with Gasteiger partial charge in [-0.1, -0.05) is 13.8 Å². The predicted octanol–water partition coefficient (Wildman–Crippen LogP) is 2.80. The summed E-state index contributed by atoms with van der Waals surface area (Å²) in [7, 11) is 0. The first-order valence-corrected chi connectivity index (χ1v) is 7.31. The fourth-order valence-electron chi connectivity index (χ4n) is 2.03. The van der Waals surface area contributed by atoms with Gasteiger partial charge in [0.2, 0.25) is 12.7 Å². The van der Waals surface area contributed by atoms with Crippen molar-refractivity contribution in [1.29, 1.82) is 0 Å². The van der Waals surface area contributed by atoms with Gasteiger partial charge in [0.15, 0.2) is 17.3 Å². The van der Waals surface area contributed by atoms with E-state index in [9.17, 15) is 0 Å². The van der Waals surface area contributed by atoms with Gasteiger partial charge in [-0.25, -0.2) is 0 Å². The normalized spacial score (nSPS) is 12.5. The van der Waals surface area contributed by atoms with E-state index in [0.29, 0.717) is 17.7 Å². The molecule has 1 aliphatic rings. The highest BCUT2D eigenvalue weighted by Gasteiger charge is 2.13. The van der Waals surface area contributed by atoms with Crippen LogP contribution in [0.25, 0.3) is 0 Å². The van der Waals surface area contributed by atoms with Crippen molar-refractivity contribution in [2.24, 2.45) is 5.92 Å². The van der Waals surface area contributed by atoms with Gasteiger partial charge < -0.3 is 20.1 Å². The van der Waals surface area contributed by atoms with Crippen molar-refractivity contribution in [3.05, 3.63) is 24.4 Å². The van der Waals surface area contributed by atoms with E-state index in [-0.39, 0.29) is 6.79 Å². The molecule has 0 aliphatic carbocycles. The van der Waals surface area contributed by atoms with Crippen LogP contribution in [0.15, 0.2) is 24.4 Å². The highest BCUT2D eigenvalue weighted by atomic mass is 16.7. The molecular formula is C15H19N5O2. The summed E-state index contributed by atoms with van der Waals surface area (Å²) in [4.78, 5) is 4.39. The van der Waals surface area contributed by atoms with Crippen LogP contribution in [-0.2, 0) is 0 Å². The zero-order valence-corrected chi connectivity index (χ0v) is 12.7. The van der Waals surface area contributed by atoms with E-state index >= 15 is 0 Å². The molecule has 0 bridgehead atoms. The molecule has 0 fully saturated rings. The first kappa shape index (κ1) is 14.4. The van der Waals surface area contributed by atoms with Crippen molar-refractivity contribution in [3.63, 3.8) is 0 Å². The van der Waals surface area contributed by atoms with E-state index in [0.717, 1.165) is 30.2 Å². The summed E-state index contributed by atoms with van der Waals surface area (Å²) in [5.41, 5.74) is 0.859. The molecular weight excluding hydrogens is 282 g/mol. The molecule has 22 heavy (non-hydrogen) atoms. The molecule has 0 unspecified atom stereocenters. The second-order valence-corrected chi connectivity index (χ2v) is 5.47. The Bertz CT molecular complexity index is 648. The first-order valence-electron chi connectivity index (χ1n) is 7.31. The summed E-state index contributed by atoms with van der Waals surface area (Å²) in [6, 6.07) is 5.64. The zero-order chi connectivity index (χ0) is 15.4. The number of anilines is 3. The summed E-state index contributed by atoms with van der Waals surface area (Å²) < 4.78 is 10.6. The fraction of sp³-hybridized carbons (Fsp3) is 0.400. The lowest BCUT2D eigenvalue weighted by atomic mass is 10.1. The lowest BCUT2D eigenvalue weighted by Gasteiger charge is -2.09. The highest BCUT2D eigenvalue weighted by Crippen LogP contribution is 2.34. The number of nitrogens with one attached hydrogen (secondary N) is 2. The van der Waals surface area contributed by atoms with Crippen molar-refractivity contribution in [2.45, 2.75) is 20.3 Å². The van der Waals surface area contributed by atoms with Crippen LogP contribution in [0, 0.1) is 5.92 Å². The van der Waals surface area contributed by atoms with Crippen molar-refractivity contribution in [2.75, 3.05) is 24.0 Å². The average molecular weight is 301 g/mol. The Morgan fingerprint density at radius 1 is 1.23 bits per heavy atom. The van der Waals surface area contributed by atoms with Gasteiger partial charge in [0, 0.05) is 18.3 Å². The fourth-order valence-corrected chi connectivity index (χ4v) is 2.03. The average Bonchev–Trinajstić information content (AvgIpc) is 2.95. The Morgan fingerprint density at radius 3 is 2.95 bits per heavy atom. The number of fused-ring (bicyclic) bond motifs is 1. The first-order chi connectivity index (χ1) is 10.7. The largest absolute Gasteiger partial charge is 0.454 e. The summed E-state index contributed by atoms with van der Waals surface area (Å²) in [6.07, 6.45) is 2.64. The van der Waals surface area contributed by atoms with Crippen molar-refractivity contribution >= 4 is 17.5 Å². The molecule has 0 atom stereocenters. The lowest BCUT2D eigenvalue weighted by molar-refractivity contribution is 0.174. The van der Waals surface area contributed by atoms with E-state index < -0.39 is 0 Å². The van der Waals surface area contributed by atoms with Crippen LogP contribution in [0.4, 0.5) is 17.5 Å². The topological polar surface area (TPSA) is 81.2 Å². The predicted molar refractivity (Wildman–Crippen MR) is 83.6 cm³/mol. The third-order valence-electron chi connectivity index (χ3n) is 3.21. The van der Waals surface area contributed by atoms with Crippen molar-refractivity contribution < 1.29 is 9.47 Å².